The number of hydrogen-bond acceptors (Lipinski definition) is 2. The molecule has 20 heavy (non-hydrogen) atoms. The van der Waals surface area contributed by atoms with Crippen molar-refractivity contribution in [2.24, 2.45) is 11.8 Å². The molecule has 0 aromatic heterocycles. The van der Waals surface area contributed by atoms with E-state index in [2.05, 4.69) is 17.1 Å². The SMILES string of the molecule is CC1CCCC(CCN2CCNC3(CCCCC3)C2)C1. The standard InChI is InChI=1S/C18H34N2/c1-16-6-5-7-17(14-16)8-12-20-13-11-19-18(15-20)9-3-2-4-10-18/h16-17,19H,2-15H2,1H3. The molecule has 1 saturated heterocycles. The van der Waals surface area contributed by atoms with E-state index in [1.54, 1.807) is 0 Å². The first-order valence-corrected chi connectivity index (χ1v) is 9.23. The molecule has 3 rings (SSSR count). The summed E-state index contributed by atoms with van der Waals surface area (Å²) in [6, 6.07) is 0. The van der Waals surface area contributed by atoms with E-state index in [9.17, 15) is 0 Å². The second-order valence-corrected chi connectivity index (χ2v) is 7.97. The van der Waals surface area contributed by atoms with Crippen molar-refractivity contribution in [3.8, 4) is 0 Å². The molecule has 1 aliphatic heterocycles. The van der Waals surface area contributed by atoms with Crippen molar-refractivity contribution in [3.63, 3.8) is 0 Å². The van der Waals surface area contributed by atoms with Gasteiger partial charge in [0.05, 0.1) is 0 Å². The van der Waals surface area contributed by atoms with Crippen molar-refractivity contribution < 1.29 is 0 Å². The Morgan fingerprint density at radius 3 is 2.75 bits per heavy atom. The van der Waals surface area contributed by atoms with Crippen molar-refractivity contribution in [2.45, 2.75) is 76.7 Å². The van der Waals surface area contributed by atoms with Crippen LogP contribution in [0.1, 0.15) is 71.1 Å². The fourth-order valence-electron chi connectivity index (χ4n) is 4.98. The Bertz CT molecular complexity index is 290. The van der Waals surface area contributed by atoms with Crippen LogP contribution in [0.3, 0.4) is 0 Å². The molecule has 2 saturated carbocycles. The summed E-state index contributed by atoms with van der Waals surface area (Å²) in [5, 5.41) is 3.87. The lowest BCUT2D eigenvalue weighted by atomic mass is 9.79. The van der Waals surface area contributed by atoms with Crippen molar-refractivity contribution in [1.29, 1.82) is 0 Å². The van der Waals surface area contributed by atoms with E-state index < -0.39 is 0 Å². The van der Waals surface area contributed by atoms with Gasteiger partial charge in [0.1, 0.15) is 0 Å². The maximum absolute atomic E-state index is 3.87. The highest BCUT2D eigenvalue weighted by atomic mass is 15.2. The second-order valence-electron chi connectivity index (χ2n) is 7.97. The molecular weight excluding hydrogens is 244 g/mol. The Balaban J connectivity index is 1.45. The Kier molecular flexibility index (Phi) is 5.04. The van der Waals surface area contributed by atoms with Crippen LogP contribution >= 0.6 is 0 Å². The highest BCUT2D eigenvalue weighted by Crippen LogP contribution is 2.33. The van der Waals surface area contributed by atoms with E-state index in [4.69, 9.17) is 0 Å². The minimum Gasteiger partial charge on any atom is -0.309 e. The Labute approximate surface area is 125 Å². The van der Waals surface area contributed by atoms with Gasteiger partial charge in [-0.15, -0.1) is 0 Å². The monoisotopic (exact) mass is 278 g/mol. The topological polar surface area (TPSA) is 15.3 Å². The number of rotatable bonds is 3. The van der Waals surface area contributed by atoms with Gasteiger partial charge in [-0.25, -0.2) is 0 Å². The lowest BCUT2D eigenvalue weighted by molar-refractivity contribution is 0.0914. The van der Waals surface area contributed by atoms with Crippen LogP contribution in [0.5, 0.6) is 0 Å². The Hall–Kier alpha value is -0.0800. The zero-order valence-electron chi connectivity index (χ0n) is 13.5. The minimum absolute atomic E-state index is 0.496. The first-order valence-electron chi connectivity index (χ1n) is 9.23. The molecular formula is C18H34N2. The van der Waals surface area contributed by atoms with Crippen molar-refractivity contribution in [3.05, 3.63) is 0 Å². The van der Waals surface area contributed by atoms with Crippen LogP contribution in [0.4, 0.5) is 0 Å². The van der Waals surface area contributed by atoms with Crippen LogP contribution in [0.2, 0.25) is 0 Å². The van der Waals surface area contributed by atoms with Gasteiger partial charge in [0, 0.05) is 25.2 Å². The summed E-state index contributed by atoms with van der Waals surface area (Å²) in [7, 11) is 0. The number of piperazine rings is 1. The Morgan fingerprint density at radius 1 is 1.10 bits per heavy atom. The van der Waals surface area contributed by atoms with Crippen LogP contribution in [0.25, 0.3) is 0 Å². The van der Waals surface area contributed by atoms with E-state index in [1.165, 1.54) is 90.4 Å². The van der Waals surface area contributed by atoms with Gasteiger partial charge in [0.25, 0.3) is 0 Å². The fourth-order valence-corrected chi connectivity index (χ4v) is 4.98. The predicted octanol–water partition coefficient (Wildman–Crippen LogP) is 3.81. The summed E-state index contributed by atoms with van der Waals surface area (Å²) in [4.78, 5) is 2.78. The normalized spacial score (nSPS) is 35.2. The summed E-state index contributed by atoms with van der Waals surface area (Å²) in [5.41, 5.74) is 0.496. The summed E-state index contributed by atoms with van der Waals surface area (Å²) >= 11 is 0. The molecule has 116 valence electrons. The van der Waals surface area contributed by atoms with Crippen LogP contribution in [0, 0.1) is 11.8 Å². The van der Waals surface area contributed by atoms with E-state index in [1.807, 2.05) is 0 Å². The smallest absolute Gasteiger partial charge is 0.0309 e. The third-order valence-corrected chi connectivity index (χ3v) is 6.16. The molecule has 2 nitrogen and oxygen atoms in total. The average Bonchev–Trinajstić information content (AvgIpc) is 2.46. The van der Waals surface area contributed by atoms with Gasteiger partial charge in [-0.1, -0.05) is 45.4 Å². The van der Waals surface area contributed by atoms with Gasteiger partial charge in [-0.3, -0.25) is 0 Å². The molecule has 0 radical (unpaired) electrons. The van der Waals surface area contributed by atoms with Crippen molar-refractivity contribution >= 4 is 0 Å². The van der Waals surface area contributed by atoms with Gasteiger partial charge >= 0.3 is 0 Å². The van der Waals surface area contributed by atoms with Gasteiger partial charge < -0.3 is 10.2 Å². The second kappa shape index (κ2) is 6.79. The lowest BCUT2D eigenvalue weighted by Gasteiger charge is -2.46. The zero-order valence-corrected chi connectivity index (χ0v) is 13.5. The molecule has 1 spiro atoms. The van der Waals surface area contributed by atoms with Crippen LogP contribution in [-0.2, 0) is 0 Å². The third kappa shape index (κ3) is 3.76. The fraction of sp³-hybridized carbons (Fsp3) is 1.00. The molecule has 1 heterocycles. The maximum atomic E-state index is 3.87. The number of nitrogens with one attached hydrogen (secondary N) is 1. The first-order chi connectivity index (χ1) is 9.76. The van der Waals surface area contributed by atoms with Gasteiger partial charge in [-0.05, 0) is 44.1 Å². The first kappa shape index (κ1) is 14.8. The van der Waals surface area contributed by atoms with E-state index >= 15 is 0 Å². The van der Waals surface area contributed by atoms with Crippen LogP contribution < -0.4 is 5.32 Å². The molecule has 0 bridgehead atoms. The largest absolute Gasteiger partial charge is 0.309 e. The lowest BCUT2D eigenvalue weighted by Crippen LogP contribution is -2.61. The molecule has 1 N–H and O–H groups in total. The van der Waals surface area contributed by atoms with Crippen LogP contribution in [-0.4, -0.2) is 36.6 Å². The number of nitrogens with zero attached hydrogens (tertiary/aromatic N) is 1. The molecule has 0 aromatic carbocycles. The van der Waals surface area contributed by atoms with Crippen molar-refractivity contribution in [2.75, 3.05) is 26.2 Å². The van der Waals surface area contributed by atoms with Crippen LogP contribution in [0.15, 0.2) is 0 Å². The minimum atomic E-state index is 0.496. The van der Waals surface area contributed by atoms with Gasteiger partial charge in [-0.2, -0.15) is 0 Å². The van der Waals surface area contributed by atoms with Gasteiger partial charge in [0.2, 0.25) is 0 Å². The molecule has 3 fully saturated rings. The Morgan fingerprint density at radius 2 is 1.95 bits per heavy atom. The summed E-state index contributed by atoms with van der Waals surface area (Å²) in [6.45, 7) is 7.65. The maximum Gasteiger partial charge on any atom is 0.0309 e. The molecule has 2 aliphatic carbocycles. The van der Waals surface area contributed by atoms with E-state index in [0.717, 1.165) is 11.8 Å². The summed E-state index contributed by atoms with van der Waals surface area (Å²) in [6.07, 6.45) is 14.6. The molecule has 2 atom stereocenters. The number of hydrogen-bond donors (Lipinski definition) is 1. The zero-order chi connectivity index (χ0) is 13.8. The van der Waals surface area contributed by atoms with Gasteiger partial charge in [0.15, 0.2) is 0 Å². The molecule has 0 amide bonds. The predicted molar refractivity (Wildman–Crippen MR) is 86.0 cm³/mol. The van der Waals surface area contributed by atoms with E-state index in [-0.39, 0.29) is 0 Å². The average molecular weight is 278 g/mol. The molecule has 3 aliphatic rings. The highest BCUT2D eigenvalue weighted by Gasteiger charge is 2.36. The quantitative estimate of drug-likeness (QED) is 0.844. The molecule has 0 aromatic rings. The summed E-state index contributed by atoms with van der Waals surface area (Å²) < 4.78 is 0. The molecule has 2 heteroatoms. The molecule has 2 unspecified atom stereocenters. The van der Waals surface area contributed by atoms with E-state index in [0.29, 0.717) is 5.54 Å². The van der Waals surface area contributed by atoms with Crippen molar-refractivity contribution in [1.82, 2.24) is 10.2 Å². The summed E-state index contributed by atoms with van der Waals surface area (Å²) in [5.74, 6) is 2.01. The third-order valence-electron chi connectivity index (χ3n) is 6.16. The highest BCUT2D eigenvalue weighted by molar-refractivity contribution is 4.96.